The molecule has 0 fully saturated rings. The molecule has 0 aliphatic rings. The maximum Gasteiger partial charge on any atom is 0.270 e. The number of nitrogens with zero attached hydrogens (tertiary/aromatic N) is 4. The van der Waals surface area contributed by atoms with Crippen LogP contribution in [0.1, 0.15) is 47.9 Å². The average molecular weight is 417 g/mol. The van der Waals surface area contributed by atoms with Crippen LogP contribution in [0, 0.1) is 6.92 Å². The average Bonchev–Trinajstić information content (AvgIpc) is 3.15. The van der Waals surface area contributed by atoms with Crippen molar-refractivity contribution in [3.05, 3.63) is 53.6 Å². The van der Waals surface area contributed by atoms with E-state index >= 15 is 0 Å². The third-order valence-electron chi connectivity index (χ3n) is 4.37. The molecule has 1 aromatic carbocycles. The molecular weight excluding hydrogens is 392 g/mol. The fourth-order valence-corrected chi connectivity index (χ4v) is 3.82. The molecule has 3 aromatic rings. The number of aryl methyl sites for hydroxylation is 1. The van der Waals surface area contributed by atoms with Gasteiger partial charge in [0.15, 0.2) is 0 Å². The smallest absolute Gasteiger partial charge is 0.270 e. The molecule has 0 spiro atoms. The normalized spacial score (nSPS) is 11.9. The number of hydrogen-bond acceptors (Lipinski definition) is 6. The van der Waals surface area contributed by atoms with Gasteiger partial charge in [0.25, 0.3) is 11.7 Å². The zero-order valence-electron chi connectivity index (χ0n) is 16.6. The second-order valence-electron chi connectivity index (χ2n) is 7.01. The topological polar surface area (TPSA) is 118 Å². The first-order chi connectivity index (χ1) is 13.8. The monoisotopic (exact) mass is 416 g/mol. The van der Waals surface area contributed by atoms with Crippen LogP contribution in [-0.2, 0) is 10.0 Å². The Bertz CT molecular complexity index is 1110. The van der Waals surface area contributed by atoms with Crippen molar-refractivity contribution in [3.63, 3.8) is 0 Å². The summed E-state index contributed by atoms with van der Waals surface area (Å²) in [6.45, 7) is 6.42. The second-order valence-corrected chi connectivity index (χ2v) is 8.78. The zero-order valence-corrected chi connectivity index (χ0v) is 17.4. The molecule has 0 bridgehead atoms. The van der Waals surface area contributed by atoms with Crippen molar-refractivity contribution in [1.82, 2.24) is 29.6 Å². The first kappa shape index (κ1) is 20.9. The van der Waals surface area contributed by atoms with Crippen molar-refractivity contribution in [2.24, 2.45) is 0 Å². The molecule has 3 rings (SSSR count). The number of sulfonamides is 1. The fraction of sp³-hybridized carbons (Fsp3) is 0.368. The van der Waals surface area contributed by atoms with Crippen LogP contribution < -0.4 is 10.0 Å². The van der Waals surface area contributed by atoms with E-state index in [0.29, 0.717) is 18.7 Å². The summed E-state index contributed by atoms with van der Waals surface area (Å²) in [4.78, 5) is 20.9. The standard InChI is InChI=1S/C19H24N6O3S/c1-13(2)17-11-16(24-19-21-12-22-25(17)19)18(26)20-9-4-10-23-29(27,28)15-7-5-14(3)6-8-15/h5-8,11-13,23H,4,9-10H2,1-3H3,(H,20,26). The Labute approximate surface area is 169 Å². The highest BCUT2D eigenvalue weighted by Crippen LogP contribution is 2.15. The van der Waals surface area contributed by atoms with Gasteiger partial charge < -0.3 is 5.32 Å². The molecule has 0 radical (unpaired) electrons. The molecule has 9 nitrogen and oxygen atoms in total. The Kier molecular flexibility index (Phi) is 6.23. The van der Waals surface area contributed by atoms with E-state index in [1.807, 2.05) is 20.8 Å². The first-order valence-electron chi connectivity index (χ1n) is 9.33. The van der Waals surface area contributed by atoms with Gasteiger partial charge in [-0.15, -0.1) is 0 Å². The van der Waals surface area contributed by atoms with Crippen molar-refractivity contribution in [2.45, 2.75) is 38.0 Å². The summed E-state index contributed by atoms with van der Waals surface area (Å²) < 4.78 is 28.6. The van der Waals surface area contributed by atoms with Crippen LogP contribution in [0.2, 0.25) is 0 Å². The largest absolute Gasteiger partial charge is 0.351 e. The lowest BCUT2D eigenvalue weighted by molar-refractivity contribution is 0.0948. The number of rotatable bonds is 8. The molecule has 0 saturated heterocycles. The van der Waals surface area contributed by atoms with Gasteiger partial charge in [0, 0.05) is 13.1 Å². The van der Waals surface area contributed by atoms with Crippen LogP contribution >= 0.6 is 0 Å². The van der Waals surface area contributed by atoms with Crippen molar-refractivity contribution in [2.75, 3.05) is 13.1 Å². The minimum atomic E-state index is -3.56. The van der Waals surface area contributed by atoms with Crippen LogP contribution in [0.25, 0.3) is 5.78 Å². The Morgan fingerprint density at radius 1 is 1.17 bits per heavy atom. The molecule has 10 heteroatoms. The summed E-state index contributed by atoms with van der Waals surface area (Å²) in [5, 5.41) is 6.89. The molecule has 154 valence electrons. The maximum absolute atomic E-state index is 12.4. The number of hydrogen-bond donors (Lipinski definition) is 2. The van der Waals surface area contributed by atoms with Crippen LogP contribution in [-0.4, -0.2) is 47.0 Å². The number of aromatic nitrogens is 4. The van der Waals surface area contributed by atoms with E-state index in [1.54, 1.807) is 34.8 Å². The number of fused-ring (bicyclic) bond motifs is 1. The number of amides is 1. The molecule has 0 saturated carbocycles. The molecule has 2 aromatic heterocycles. The molecule has 2 heterocycles. The molecule has 1 amide bonds. The van der Waals surface area contributed by atoms with Gasteiger partial charge in [-0.1, -0.05) is 31.5 Å². The number of nitrogens with one attached hydrogen (secondary N) is 2. The predicted molar refractivity (Wildman–Crippen MR) is 108 cm³/mol. The highest BCUT2D eigenvalue weighted by Gasteiger charge is 2.16. The predicted octanol–water partition coefficient (Wildman–Crippen LogP) is 1.65. The lowest BCUT2D eigenvalue weighted by Gasteiger charge is -2.10. The summed E-state index contributed by atoms with van der Waals surface area (Å²) in [5.41, 5.74) is 2.09. The van der Waals surface area contributed by atoms with Gasteiger partial charge in [0.1, 0.15) is 12.0 Å². The Hall–Kier alpha value is -2.85. The van der Waals surface area contributed by atoms with Crippen molar-refractivity contribution < 1.29 is 13.2 Å². The van der Waals surface area contributed by atoms with Crippen LogP contribution in [0.15, 0.2) is 41.6 Å². The molecule has 2 N–H and O–H groups in total. The summed E-state index contributed by atoms with van der Waals surface area (Å²) in [5.74, 6) is 0.177. The number of carbonyl (C=O) groups is 1. The van der Waals surface area contributed by atoms with Gasteiger partial charge in [-0.05, 0) is 37.5 Å². The summed E-state index contributed by atoms with van der Waals surface area (Å²) >= 11 is 0. The van der Waals surface area contributed by atoms with E-state index in [1.165, 1.54) is 6.33 Å². The third-order valence-corrected chi connectivity index (χ3v) is 5.84. The van der Waals surface area contributed by atoms with Crippen LogP contribution in [0.4, 0.5) is 0 Å². The minimum absolute atomic E-state index is 0.143. The van der Waals surface area contributed by atoms with Crippen LogP contribution in [0.3, 0.4) is 0 Å². The lowest BCUT2D eigenvalue weighted by Crippen LogP contribution is -2.30. The van der Waals surface area contributed by atoms with Crippen LogP contribution in [0.5, 0.6) is 0 Å². The van der Waals surface area contributed by atoms with E-state index in [4.69, 9.17) is 0 Å². The second kappa shape index (κ2) is 8.66. The summed E-state index contributed by atoms with van der Waals surface area (Å²) in [7, 11) is -3.56. The zero-order chi connectivity index (χ0) is 21.0. The van der Waals surface area contributed by atoms with Gasteiger partial charge in [0.05, 0.1) is 10.6 Å². The molecule has 0 aliphatic heterocycles. The van der Waals surface area contributed by atoms with E-state index < -0.39 is 10.0 Å². The molecule has 0 atom stereocenters. The maximum atomic E-state index is 12.4. The molecule has 0 unspecified atom stereocenters. The Morgan fingerprint density at radius 3 is 2.59 bits per heavy atom. The highest BCUT2D eigenvalue weighted by molar-refractivity contribution is 7.89. The van der Waals surface area contributed by atoms with Gasteiger partial charge in [-0.2, -0.15) is 10.1 Å². The highest BCUT2D eigenvalue weighted by atomic mass is 32.2. The summed E-state index contributed by atoms with van der Waals surface area (Å²) in [6.07, 6.45) is 1.84. The van der Waals surface area contributed by atoms with Crippen molar-refractivity contribution >= 4 is 21.7 Å². The lowest BCUT2D eigenvalue weighted by atomic mass is 10.1. The Balaban J connectivity index is 1.54. The van der Waals surface area contributed by atoms with E-state index in [-0.39, 0.29) is 29.0 Å². The first-order valence-corrected chi connectivity index (χ1v) is 10.8. The summed E-state index contributed by atoms with van der Waals surface area (Å²) in [6, 6.07) is 8.33. The van der Waals surface area contributed by atoms with Crippen molar-refractivity contribution in [3.8, 4) is 0 Å². The third kappa shape index (κ3) is 4.96. The molecule has 0 aliphatic carbocycles. The van der Waals surface area contributed by atoms with Gasteiger partial charge in [0.2, 0.25) is 10.0 Å². The Morgan fingerprint density at radius 2 is 1.90 bits per heavy atom. The van der Waals surface area contributed by atoms with Gasteiger partial charge in [-0.25, -0.2) is 22.6 Å². The van der Waals surface area contributed by atoms with E-state index in [9.17, 15) is 13.2 Å². The fourth-order valence-electron chi connectivity index (χ4n) is 2.75. The molecular formula is C19H24N6O3S. The van der Waals surface area contributed by atoms with Gasteiger partial charge >= 0.3 is 0 Å². The van der Waals surface area contributed by atoms with E-state index in [0.717, 1.165) is 11.3 Å². The number of carbonyl (C=O) groups excluding carboxylic acids is 1. The number of benzene rings is 1. The van der Waals surface area contributed by atoms with Gasteiger partial charge in [-0.3, -0.25) is 4.79 Å². The minimum Gasteiger partial charge on any atom is -0.351 e. The van der Waals surface area contributed by atoms with Crippen molar-refractivity contribution in [1.29, 1.82) is 0 Å². The quantitative estimate of drug-likeness (QED) is 0.539. The molecule has 29 heavy (non-hydrogen) atoms. The van der Waals surface area contributed by atoms with E-state index in [2.05, 4.69) is 25.1 Å². The SMILES string of the molecule is Cc1ccc(S(=O)(=O)NCCCNC(=O)c2cc(C(C)C)n3ncnc3n2)cc1.